The Balaban J connectivity index is 1.67. The van der Waals surface area contributed by atoms with Gasteiger partial charge in [0.2, 0.25) is 0 Å². The minimum atomic E-state index is 0.606. The van der Waals surface area contributed by atoms with Crippen LogP contribution in [0.5, 0.6) is 5.75 Å². The first-order valence-electron chi connectivity index (χ1n) is 8.69. The van der Waals surface area contributed by atoms with Crippen LogP contribution in [0.4, 0.5) is 23.0 Å². The van der Waals surface area contributed by atoms with Gasteiger partial charge in [-0.1, -0.05) is 29.8 Å². The zero-order valence-electron chi connectivity index (χ0n) is 15.4. The van der Waals surface area contributed by atoms with Crippen molar-refractivity contribution in [3.05, 3.63) is 71.6 Å². The largest absolute Gasteiger partial charge is 0.495 e. The van der Waals surface area contributed by atoms with Crippen LogP contribution in [0.2, 0.25) is 5.02 Å². The summed E-state index contributed by atoms with van der Waals surface area (Å²) < 4.78 is 5.39. The van der Waals surface area contributed by atoms with Crippen LogP contribution < -0.4 is 15.4 Å². The van der Waals surface area contributed by atoms with Gasteiger partial charge < -0.3 is 15.4 Å². The molecular formula is C21H18ClN5O. The number of methoxy groups -OCH3 is 1. The Morgan fingerprint density at radius 3 is 2.43 bits per heavy atom. The average Bonchev–Trinajstić information content (AvgIpc) is 2.68. The summed E-state index contributed by atoms with van der Waals surface area (Å²) in [7, 11) is 1.61. The average molecular weight is 392 g/mol. The highest BCUT2D eigenvalue weighted by Gasteiger charge is 2.09. The standard InChI is InChI=1S/C21H18ClN5O/c1-13-24-19(26-16-7-3-5-14-6-4-10-23-21(14)16)12-20(25-13)27-17-11-15(22)8-9-18(17)28-2/h3-12H,1-2H3,(H2,24,25,26,27). The Labute approximate surface area is 167 Å². The second-order valence-corrected chi connectivity index (χ2v) is 6.60. The van der Waals surface area contributed by atoms with Gasteiger partial charge in [0.25, 0.3) is 0 Å². The predicted octanol–water partition coefficient (Wildman–Crippen LogP) is 5.48. The predicted molar refractivity (Wildman–Crippen MR) is 113 cm³/mol. The third-order valence-electron chi connectivity index (χ3n) is 4.16. The van der Waals surface area contributed by atoms with Gasteiger partial charge >= 0.3 is 0 Å². The van der Waals surface area contributed by atoms with Crippen molar-refractivity contribution in [2.24, 2.45) is 0 Å². The van der Waals surface area contributed by atoms with Gasteiger partial charge in [-0.15, -0.1) is 0 Å². The molecule has 2 aromatic heterocycles. The molecule has 0 saturated heterocycles. The van der Waals surface area contributed by atoms with Crippen LogP contribution in [0.25, 0.3) is 10.9 Å². The van der Waals surface area contributed by atoms with Gasteiger partial charge in [0.1, 0.15) is 23.2 Å². The summed E-state index contributed by atoms with van der Waals surface area (Å²) in [5, 5.41) is 8.26. The molecule has 4 aromatic rings. The summed E-state index contributed by atoms with van der Waals surface area (Å²) in [4.78, 5) is 13.4. The fourth-order valence-corrected chi connectivity index (χ4v) is 3.13. The van der Waals surface area contributed by atoms with Gasteiger partial charge in [-0.2, -0.15) is 0 Å². The van der Waals surface area contributed by atoms with E-state index in [1.54, 1.807) is 31.5 Å². The van der Waals surface area contributed by atoms with Crippen LogP contribution in [-0.2, 0) is 0 Å². The maximum atomic E-state index is 6.12. The number of hydrogen-bond donors (Lipinski definition) is 2. The molecule has 0 unspecified atom stereocenters. The smallest absolute Gasteiger partial charge is 0.142 e. The summed E-state index contributed by atoms with van der Waals surface area (Å²) in [6.07, 6.45) is 1.77. The molecule has 2 N–H and O–H groups in total. The van der Waals surface area contributed by atoms with Crippen molar-refractivity contribution >= 4 is 45.5 Å². The van der Waals surface area contributed by atoms with Crippen molar-refractivity contribution in [2.75, 3.05) is 17.7 Å². The molecule has 6 nitrogen and oxygen atoms in total. The van der Waals surface area contributed by atoms with Crippen molar-refractivity contribution in [1.82, 2.24) is 15.0 Å². The van der Waals surface area contributed by atoms with Gasteiger partial charge in [-0.25, -0.2) is 9.97 Å². The Hall–Kier alpha value is -3.38. The summed E-state index contributed by atoms with van der Waals surface area (Å²) >= 11 is 6.12. The molecule has 2 heterocycles. The maximum absolute atomic E-state index is 6.12. The third-order valence-corrected chi connectivity index (χ3v) is 4.39. The van der Waals surface area contributed by atoms with Crippen LogP contribution >= 0.6 is 11.6 Å². The molecule has 0 aliphatic heterocycles. The number of nitrogens with one attached hydrogen (secondary N) is 2. The summed E-state index contributed by atoms with van der Waals surface area (Å²) in [5.41, 5.74) is 2.49. The monoisotopic (exact) mass is 391 g/mol. The summed E-state index contributed by atoms with van der Waals surface area (Å²) in [6, 6.07) is 17.1. The molecular weight excluding hydrogens is 374 g/mol. The van der Waals surface area contributed by atoms with Crippen molar-refractivity contribution in [2.45, 2.75) is 6.92 Å². The van der Waals surface area contributed by atoms with Gasteiger partial charge in [-0.3, -0.25) is 4.98 Å². The third kappa shape index (κ3) is 3.82. The second kappa shape index (κ2) is 7.70. The first kappa shape index (κ1) is 18.0. The van der Waals surface area contributed by atoms with E-state index in [0.717, 1.165) is 22.3 Å². The topological polar surface area (TPSA) is 72.0 Å². The van der Waals surface area contributed by atoms with E-state index in [2.05, 4.69) is 25.6 Å². The second-order valence-electron chi connectivity index (χ2n) is 6.16. The number of ether oxygens (including phenoxy) is 1. The zero-order chi connectivity index (χ0) is 19.5. The molecule has 0 fully saturated rings. The van der Waals surface area contributed by atoms with E-state index in [4.69, 9.17) is 16.3 Å². The van der Waals surface area contributed by atoms with E-state index >= 15 is 0 Å². The molecule has 7 heteroatoms. The molecule has 140 valence electrons. The number of aryl methyl sites for hydroxylation is 1. The number of hydrogen-bond acceptors (Lipinski definition) is 6. The molecule has 0 bridgehead atoms. The fraction of sp³-hybridized carbons (Fsp3) is 0.0952. The number of nitrogens with zero attached hydrogens (tertiary/aromatic N) is 3. The van der Waals surface area contributed by atoms with Gasteiger partial charge in [0, 0.05) is 22.7 Å². The Morgan fingerprint density at radius 2 is 1.64 bits per heavy atom. The molecule has 0 amide bonds. The van der Waals surface area contributed by atoms with Crippen LogP contribution in [0, 0.1) is 6.92 Å². The highest BCUT2D eigenvalue weighted by molar-refractivity contribution is 6.31. The van der Waals surface area contributed by atoms with E-state index in [1.165, 1.54) is 0 Å². The summed E-state index contributed by atoms with van der Waals surface area (Å²) in [6.45, 7) is 1.84. The van der Waals surface area contributed by atoms with E-state index in [0.29, 0.717) is 28.2 Å². The molecule has 0 atom stereocenters. The molecule has 2 aromatic carbocycles. The van der Waals surface area contributed by atoms with Crippen molar-refractivity contribution in [3.63, 3.8) is 0 Å². The maximum Gasteiger partial charge on any atom is 0.142 e. The zero-order valence-corrected chi connectivity index (χ0v) is 16.2. The fourth-order valence-electron chi connectivity index (χ4n) is 2.95. The Bertz CT molecular complexity index is 1140. The van der Waals surface area contributed by atoms with E-state index in [9.17, 15) is 0 Å². The molecule has 28 heavy (non-hydrogen) atoms. The number of halogens is 1. The number of aromatic nitrogens is 3. The molecule has 0 radical (unpaired) electrons. The molecule has 0 spiro atoms. The quantitative estimate of drug-likeness (QED) is 0.469. The Morgan fingerprint density at radius 1 is 0.893 bits per heavy atom. The van der Waals surface area contributed by atoms with Crippen LogP contribution in [-0.4, -0.2) is 22.1 Å². The lowest BCUT2D eigenvalue weighted by molar-refractivity contribution is 0.417. The molecule has 0 saturated carbocycles. The van der Waals surface area contributed by atoms with Crippen LogP contribution in [0.15, 0.2) is 60.8 Å². The lowest BCUT2D eigenvalue weighted by atomic mass is 10.2. The number of fused-ring (bicyclic) bond motifs is 1. The highest BCUT2D eigenvalue weighted by atomic mass is 35.5. The van der Waals surface area contributed by atoms with E-state index < -0.39 is 0 Å². The number of benzene rings is 2. The van der Waals surface area contributed by atoms with Crippen molar-refractivity contribution in [3.8, 4) is 5.75 Å². The SMILES string of the molecule is COc1ccc(Cl)cc1Nc1cc(Nc2cccc3cccnc23)nc(C)n1. The normalized spacial score (nSPS) is 10.7. The number of anilines is 4. The highest BCUT2D eigenvalue weighted by Crippen LogP contribution is 2.31. The van der Waals surface area contributed by atoms with Gasteiger partial charge in [0.05, 0.1) is 24.0 Å². The summed E-state index contributed by atoms with van der Waals surface area (Å²) in [5.74, 6) is 2.59. The van der Waals surface area contributed by atoms with Crippen LogP contribution in [0.1, 0.15) is 5.82 Å². The van der Waals surface area contributed by atoms with Gasteiger partial charge in [0.15, 0.2) is 0 Å². The number of rotatable bonds is 5. The molecule has 4 rings (SSSR count). The van der Waals surface area contributed by atoms with Crippen molar-refractivity contribution in [1.29, 1.82) is 0 Å². The number of para-hydroxylation sites is 1. The molecule has 0 aliphatic carbocycles. The first-order chi connectivity index (χ1) is 13.6. The number of pyridine rings is 1. The lowest BCUT2D eigenvalue weighted by Crippen LogP contribution is -2.03. The Kier molecular flexibility index (Phi) is 4.95. The van der Waals surface area contributed by atoms with E-state index in [-0.39, 0.29) is 0 Å². The van der Waals surface area contributed by atoms with Gasteiger partial charge in [-0.05, 0) is 37.3 Å². The molecule has 0 aliphatic rings. The minimum absolute atomic E-state index is 0.606. The first-order valence-corrected chi connectivity index (χ1v) is 9.07. The minimum Gasteiger partial charge on any atom is -0.495 e. The van der Waals surface area contributed by atoms with Crippen molar-refractivity contribution < 1.29 is 4.74 Å². The van der Waals surface area contributed by atoms with E-state index in [1.807, 2.05) is 43.3 Å². The lowest BCUT2D eigenvalue weighted by Gasteiger charge is -2.13. The van der Waals surface area contributed by atoms with Crippen LogP contribution in [0.3, 0.4) is 0 Å².